The fourth-order valence-corrected chi connectivity index (χ4v) is 1.25. The molecule has 0 bridgehead atoms. The van der Waals surface area contributed by atoms with Gasteiger partial charge in [-0.2, -0.15) is 8.78 Å². The highest BCUT2D eigenvalue weighted by atomic mass is 32.1. The Bertz CT molecular complexity index is 289. The third-order valence-electron chi connectivity index (χ3n) is 1.18. The highest BCUT2D eigenvalue weighted by molar-refractivity contribution is 7.09. The number of nitrogens with one attached hydrogen (secondary N) is 1. The van der Waals surface area contributed by atoms with E-state index < -0.39 is 16.8 Å². The number of alkyl halides is 2. The topological polar surface area (TPSA) is 51.2 Å². The molecule has 4 nitrogen and oxygen atoms in total. The minimum atomic E-state index is -3.63. The molecule has 72 valence electrons. The maximum absolute atomic E-state index is 13.0. The zero-order valence-electron chi connectivity index (χ0n) is 6.58. The van der Waals surface area contributed by atoms with Crippen molar-refractivity contribution in [2.45, 2.75) is 5.92 Å². The van der Waals surface area contributed by atoms with Gasteiger partial charge in [-0.3, -0.25) is 9.63 Å². The summed E-state index contributed by atoms with van der Waals surface area (Å²) in [5, 5.41) is 0.811. The lowest BCUT2D eigenvalue weighted by Gasteiger charge is -2.11. The number of amides is 1. The number of carbonyl (C=O) groups excluding carboxylic acids is 1. The molecule has 0 unspecified atom stereocenters. The molecule has 0 aliphatic rings. The minimum absolute atomic E-state index is 0.554. The Kier molecular flexibility index (Phi) is 2.89. The predicted octanol–water partition coefficient (Wildman–Crippen LogP) is 0.912. The van der Waals surface area contributed by atoms with Crippen LogP contribution >= 0.6 is 11.3 Å². The van der Waals surface area contributed by atoms with E-state index in [4.69, 9.17) is 0 Å². The first-order valence-electron chi connectivity index (χ1n) is 3.20. The van der Waals surface area contributed by atoms with Crippen molar-refractivity contribution in [1.82, 2.24) is 10.5 Å². The predicted molar refractivity (Wildman–Crippen MR) is 41.2 cm³/mol. The zero-order valence-corrected chi connectivity index (χ0v) is 7.40. The first kappa shape index (κ1) is 10.0. The zero-order chi connectivity index (χ0) is 9.90. The maximum Gasteiger partial charge on any atom is 0.377 e. The lowest BCUT2D eigenvalue weighted by molar-refractivity contribution is -0.158. The molecule has 0 aromatic carbocycles. The quantitative estimate of drug-likeness (QED) is 0.751. The molecule has 0 saturated heterocycles. The van der Waals surface area contributed by atoms with Gasteiger partial charge in [-0.1, -0.05) is 0 Å². The van der Waals surface area contributed by atoms with Crippen molar-refractivity contribution in [3.05, 3.63) is 16.6 Å². The molecule has 1 amide bonds. The van der Waals surface area contributed by atoms with Crippen molar-refractivity contribution < 1.29 is 18.4 Å². The van der Waals surface area contributed by atoms with E-state index in [1.165, 1.54) is 11.6 Å². The van der Waals surface area contributed by atoms with Crippen molar-refractivity contribution in [2.75, 3.05) is 7.11 Å². The number of hydrogen-bond donors (Lipinski definition) is 1. The number of halogens is 2. The summed E-state index contributed by atoms with van der Waals surface area (Å²) in [6.45, 7) is 0. The second kappa shape index (κ2) is 3.75. The minimum Gasteiger partial charge on any atom is -0.277 e. The van der Waals surface area contributed by atoms with Crippen LogP contribution in [0.5, 0.6) is 0 Å². The van der Waals surface area contributed by atoms with Gasteiger partial charge >= 0.3 is 11.8 Å². The molecule has 1 aromatic rings. The third kappa shape index (κ3) is 1.99. The summed E-state index contributed by atoms with van der Waals surface area (Å²) in [7, 11) is 1.08. The summed E-state index contributed by atoms with van der Waals surface area (Å²) in [6, 6.07) is 0. The van der Waals surface area contributed by atoms with Gasteiger partial charge < -0.3 is 0 Å². The molecule has 0 saturated carbocycles. The van der Waals surface area contributed by atoms with Crippen LogP contribution in [0.1, 0.15) is 5.01 Å². The summed E-state index contributed by atoms with van der Waals surface area (Å²) in [5.74, 6) is -5.16. The molecule has 0 radical (unpaired) electrons. The largest absolute Gasteiger partial charge is 0.377 e. The van der Waals surface area contributed by atoms with E-state index in [2.05, 4.69) is 9.82 Å². The SMILES string of the molecule is CONC(=O)C(F)(F)c1nccs1. The van der Waals surface area contributed by atoms with Gasteiger partial charge in [0.05, 0.1) is 7.11 Å². The highest BCUT2D eigenvalue weighted by Gasteiger charge is 2.43. The Morgan fingerprint density at radius 3 is 2.92 bits per heavy atom. The van der Waals surface area contributed by atoms with Gasteiger partial charge in [-0.25, -0.2) is 10.5 Å². The number of nitrogens with zero attached hydrogens (tertiary/aromatic N) is 1. The summed E-state index contributed by atoms with van der Waals surface area (Å²) < 4.78 is 26.1. The summed E-state index contributed by atoms with van der Waals surface area (Å²) in [6.07, 6.45) is 1.20. The molecule has 1 heterocycles. The Morgan fingerprint density at radius 2 is 2.46 bits per heavy atom. The maximum atomic E-state index is 13.0. The van der Waals surface area contributed by atoms with Crippen LogP contribution in [0.2, 0.25) is 0 Å². The van der Waals surface area contributed by atoms with Crippen LogP contribution in [0.15, 0.2) is 11.6 Å². The average molecular weight is 208 g/mol. The number of rotatable bonds is 3. The van der Waals surface area contributed by atoms with E-state index in [1.54, 1.807) is 5.48 Å². The Balaban J connectivity index is 2.82. The molecular formula is C6H6F2N2O2S. The molecule has 0 aliphatic heterocycles. The summed E-state index contributed by atoms with van der Waals surface area (Å²) >= 11 is 0.707. The molecule has 1 aromatic heterocycles. The van der Waals surface area contributed by atoms with Gasteiger partial charge in [0.1, 0.15) is 0 Å². The van der Waals surface area contributed by atoms with Crippen molar-refractivity contribution in [3.8, 4) is 0 Å². The van der Waals surface area contributed by atoms with E-state index in [0.29, 0.717) is 11.3 Å². The van der Waals surface area contributed by atoms with Gasteiger partial charge in [0.25, 0.3) is 0 Å². The number of aromatic nitrogens is 1. The molecule has 0 atom stereocenters. The Labute approximate surface area is 76.5 Å². The first-order valence-corrected chi connectivity index (χ1v) is 4.08. The van der Waals surface area contributed by atoms with Gasteiger partial charge in [0, 0.05) is 11.6 Å². The van der Waals surface area contributed by atoms with Crippen molar-refractivity contribution in [3.63, 3.8) is 0 Å². The van der Waals surface area contributed by atoms with E-state index in [9.17, 15) is 13.6 Å². The average Bonchev–Trinajstić information content (AvgIpc) is 2.56. The van der Waals surface area contributed by atoms with E-state index >= 15 is 0 Å². The molecule has 0 spiro atoms. The van der Waals surface area contributed by atoms with Crippen LogP contribution < -0.4 is 5.48 Å². The fraction of sp³-hybridized carbons (Fsp3) is 0.333. The Morgan fingerprint density at radius 1 is 1.77 bits per heavy atom. The lowest BCUT2D eigenvalue weighted by atomic mass is 10.3. The monoisotopic (exact) mass is 208 g/mol. The molecular weight excluding hydrogens is 202 g/mol. The van der Waals surface area contributed by atoms with Crippen LogP contribution in [-0.2, 0) is 15.6 Å². The van der Waals surface area contributed by atoms with E-state index in [-0.39, 0.29) is 0 Å². The van der Waals surface area contributed by atoms with Crippen LogP contribution in [0.4, 0.5) is 8.78 Å². The van der Waals surface area contributed by atoms with Crippen LogP contribution in [0, 0.1) is 0 Å². The summed E-state index contributed by atoms with van der Waals surface area (Å²) in [4.78, 5) is 18.2. The van der Waals surface area contributed by atoms with Crippen LogP contribution in [0.3, 0.4) is 0 Å². The highest BCUT2D eigenvalue weighted by Crippen LogP contribution is 2.29. The number of hydroxylamine groups is 1. The van der Waals surface area contributed by atoms with Crippen LogP contribution in [0.25, 0.3) is 0 Å². The molecule has 0 fully saturated rings. The summed E-state index contributed by atoms with van der Waals surface area (Å²) in [5.41, 5.74) is 1.55. The first-order chi connectivity index (χ1) is 6.09. The number of thiazole rings is 1. The number of carbonyl (C=O) groups is 1. The smallest absolute Gasteiger partial charge is 0.277 e. The third-order valence-corrected chi connectivity index (χ3v) is 2.02. The Hall–Kier alpha value is -1.08. The van der Waals surface area contributed by atoms with Gasteiger partial charge in [-0.15, -0.1) is 11.3 Å². The van der Waals surface area contributed by atoms with Gasteiger partial charge in [0.2, 0.25) is 0 Å². The van der Waals surface area contributed by atoms with Crippen LogP contribution in [-0.4, -0.2) is 18.0 Å². The van der Waals surface area contributed by atoms with Gasteiger partial charge in [-0.05, 0) is 0 Å². The van der Waals surface area contributed by atoms with E-state index in [0.717, 1.165) is 7.11 Å². The van der Waals surface area contributed by atoms with Crippen molar-refractivity contribution >= 4 is 17.2 Å². The molecule has 7 heteroatoms. The van der Waals surface area contributed by atoms with Gasteiger partial charge in [0.15, 0.2) is 5.01 Å². The second-order valence-electron chi connectivity index (χ2n) is 2.05. The van der Waals surface area contributed by atoms with Crippen molar-refractivity contribution in [1.29, 1.82) is 0 Å². The lowest BCUT2D eigenvalue weighted by Crippen LogP contribution is -2.37. The normalized spacial score (nSPS) is 11.3. The standard InChI is InChI=1S/C6H6F2N2O2S/c1-12-10-4(11)6(7,8)5-9-2-3-13-5/h2-3H,1H3,(H,10,11). The molecule has 1 rings (SSSR count). The number of hydrogen-bond acceptors (Lipinski definition) is 4. The second-order valence-corrected chi connectivity index (χ2v) is 2.94. The molecule has 0 aliphatic carbocycles. The fourth-order valence-electron chi connectivity index (χ4n) is 0.632. The molecule has 1 N–H and O–H groups in total. The molecule has 13 heavy (non-hydrogen) atoms. The van der Waals surface area contributed by atoms with Crippen molar-refractivity contribution in [2.24, 2.45) is 0 Å². The van der Waals surface area contributed by atoms with E-state index in [1.807, 2.05) is 0 Å².